The van der Waals surface area contributed by atoms with Crippen molar-refractivity contribution >= 4 is 35.0 Å². The third-order valence-corrected chi connectivity index (χ3v) is 5.17. The maximum atomic E-state index is 13.2. The molecule has 6 heteroatoms. The number of nitrogens with zero attached hydrogens (tertiary/aromatic N) is 1. The highest BCUT2D eigenvalue weighted by Crippen LogP contribution is 2.26. The molecule has 2 amide bonds. The minimum absolute atomic E-state index is 0.0395. The average Bonchev–Trinajstić information content (AvgIpc) is 2.64. The van der Waals surface area contributed by atoms with Crippen molar-refractivity contribution in [2.75, 3.05) is 7.05 Å². The van der Waals surface area contributed by atoms with Crippen LogP contribution in [0.4, 0.5) is 0 Å². The van der Waals surface area contributed by atoms with E-state index in [-0.39, 0.29) is 18.2 Å². The Bertz CT molecular complexity index is 803. The van der Waals surface area contributed by atoms with Crippen molar-refractivity contribution in [3.8, 4) is 0 Å². The van der Waals surface area contributed by atoms with Gasteiger partial charge in [-0.1, -0.05) is 66.0 Å². The fraction of sp³-hybridized carbons (Fsp3) is 0.333. The van der Waals surface area contributed by atoms with Crippen LogP contribution >= 0.6 is 23.2 Å². The van der Waals surface area contributed by atoms with Gasteiger partial charge in [0, 0.05) is 23.6 Å². The molecule has 0 aliphatic rings. The molecule has 0 aliphatic heterocycles. The van der Waals surface area contributed by atoms with Gasteiger partial charge >= 0.3 is 0 Å². The van der Waals surface area contributed by atoms with E-state index in [9.17, 15) is 9.59 Å². The quantitative estimate of drug-likeness (QED) is 0.740. The van der Waals surface area contributed by atoms with Gasteiger partial charge in [-0.05, 0) is 36.6 Å². The van der Waals surface area contributed by atoms with Crippen LogP contribution in [-0.2, 0) is 22.6 Å². The van der Waals surface area contributed by atoms with Gasteiger partial charge in [0.25, 0.3) is 0 Å². The molecule has 0 saturated carbocycles. The zero-order chi connectivity index (χ0) is 20.0. The Morgan fingerprint density at radius 2 is 1.74 bits per heavy atom. The molecule has 0 spiro atoms. The van der Waals surface area contributed by atoms with Crippen LogP contribution in [0.15, 0.2) is 42.5 Å². The van der Waals surface area contributed by atoms with Crippen molar-refractivity contribution in [1.82, 2.24) is 10.2 Å². The van der Waals surface area contributed by atoms with Gasteiger partial charge in [0.1, 0.15) is 6.04 Å². The minimum atomic E-state index is -0.565. The van der Waals surface area contributed by atoms with Crippen LogP contribution in [0.3, 0.4) is 0 Å². The summed E-state index contributed by atoms with van der Waals surface area (Å²) in [6.07, 6.45) is 0.547. The number of carbonyl (C=O) groups is 2. The number of halogens is 2. The molecule has 2 aromatic rings. The van der Waals surface area contributed by atoms with E-state index in [1.54, 1.807) is 30.1 Å². The summed E-state index contributed by atoms with van der Waals surface area (Å²) in [5, 5.41) is 3.54. The number of amides is 2. The van der Waals surface area contributed by atoms with E-state index < -0.39 is 6.04 Å². The minimum Gasteiger partial charge on any atom is -0.357 e. The third kappa shape index (κ3) is 5.47. The molecule has 0 fully saturated rings. The number of hydrogen-bond acceptors (Lipinski definition) is 2. The SMILES string of the molecule is CC[C@@H](C(=O)NC)N(Cc1cccc(C)c1)C(=O)Cc1c(Cl)cccc1Cl. The van der Waals surface area contributed by atoms with Gasteiger partial charge in [-0.25, -0.2) is 0 Å². The summed E-state index contributed by atoms with van der Waals surface area (Å²) < 4.78 is 0. The first kappa shape index (κ1) is 21.3. The van der Waals surface area contributed by atoms with Crippen molar-refractivity contribution in [3.63, 3.8) is 0 Å². The van der Waals surface area contributed by atoms with Crippen LogP contribution in [0, 0.1) is 6.92 Å². The number of carbonyl (C=O) groups excluding carboxylic acids is 2. The van der Waals surface area contributed by atoms with Crippen molar-refractivity contribution in [1.29, 1.82) is 0 Å². The number of likely N-dealkylation sites (N-methyl/N-ethyl adjacent to an activating group) is 1. The van der Waals surface area contributed by atoms with Crippen LogP contribution in [0.5, 0.6) is 0 Å². The number of rotatable bonds is 7. The summed E-state index contributed by atoms with van der Waals surface area (Å²) in [4.78, 5) is 27.1. The summed E-state index contributed by atoms with van der Waals surface area (Å²) >= 11 is 12.5. The second kappa shape index (κ2) is 9.77. The lowest BCUT2D eigenvalue weighted by Gasteiger charge is -2.30. The number of hydrogen-bond donors (Lipinski definition) is 1. The highest BCUT2D eigenvalue weighted by Gasteiger charge is 2.28. The average molecular weight is 407 g/mol. The smallest absolute Gasteiger partial charge is 0.242 e. The first-order chi connectivity index (χ1) is 12.9. The molecule has 0 saturated heterocycles. The lowest BCUT2D eigenvalue weighted by atomic mass is 10.1. The van der Waals surface area contributed by atoms with Gasteiger partial charge in [0.2, 0.25) is 11.8 Å². The highest BCUT2D eigenvalue weighted by molar-refractivity contribution is 6.36. The second-order valence-electron chi connectivity index (χ2n) is 6.43. The van der Waals surface area contributed by atoms with E-state index in [2.05, 4.69) is 5.32 Å². The van der Waals surface area contributed by atoms with Crippen molar-refractivity contribution in [3.05, 3.63) is 69.2 Å². The van der Waals surface area contributed by atoms with E-state index in [1.165, 1.54) is 0 Å². The molecule has 2 rings (SSSR count). The molecular weight excluding hydrogens is 383 g/mol. The molecule has 27 heavy (non-hydrogen) atoms. The first-order valence-electron chi connectivity index (χ1n) is 8.86. The Balaban J connectivity index is 2.35. The number of nitrogens with one attached hydrogen (secondary N) is 1. The zero-order valence-electron chi connectivity index (χ0n) is 15.8. The summed E-state index contributed by atoms with van der Waals surface area (Å²) in [6.45, 7) is 4.22. The van der Waals surface area contributed by atoms with Crippen molar-refractivity contribution in [2.45, 2.75) is 39.3 Å². The lowest BCUT2D eigenvalue weighted by Crippen LogP contribution is -2.48. The van der Waals surface area contributed by atoms with Gasteiger partial charge in [-0.3, -0.25) is 9.59 Å². The van der Waals surface area contributed by atoms with Gasteiger partial charge in [0.15, 0.2) is 0 Å². The van der Waals surface area contributed by atoms with Crippen LogP contribution in [0.25, 0.3) is 0 Å². The van der Waals surface area contributed by atoms with Crippen LogP contribution in [0.2, 0.25) is 10.0 Å². The second-order valence-corrected chi connectivity index (χ2v) is 7.24. The maximum absolute atomic E-state index is 13.2. The molecule has 0 radical (unpaired) electrons. The normalized spacial score (nSPS) is 11.7. The molecule has 4 nitrogen and oxygen atoms in total. The highest BCUT2D eigenvalue weighted by atomic mass is 35.5. The predicted octanol–water partition coefficient (Wildman–Crippen LogP) is 4.40. The zero-order valence-corrected chi connectivity index (χ0v) is 17.3. The molecule has 1 atom stereocenters. The van der Waals surface area contributed by atoms with E-state index in [0.29, 0.717) is 28.6 Å². The molecule has 0 heterocycles. The Morgan fingerprint density at radius 1 is 1.11 bits per heavy atom. The Hall–Kier alpha value is -2.04. The predicted molar refractivity (Wildman–Crippen MR) is 110 cm³/mol. The molecule has 0 bridgehead atoms. The molecular formula is C21H24Cl2N2O2. The molecule has 2 aromatic carbocycles. The maximum Gasteiger partial charge on any atom is 0.242 e. The first-order valence-corrected chi connectivity index (χ1v) is 9.62. The summed E-state index contributed by atoms with van der Waals surface area (Å²) in [5.41, 5.74) is 2.64. The molecule has 0 unspecified atom stereocenters. The largest absolute Gasteiger partial charge is 0.357 e. The number of benzene rings is 2. The van der Waals surface area contributed by atoms with E-state index in [1.807, 2.05) is 38.1 Å². The fourth-order valence-corrected chi connectivity index (χ4v) is 3.58. The Morgan fingerprint density at radius 3 is 2.30 bits per heavy atom. The van der Waals surface area contributed by atoms with Gasteiger partial charge < -0.3 is 10.2 Å². The summed E-state index contributed by atoms with van der Waals surface area (Å²) in [7, 11) is 1.57. The summed E-state index contributed by atoms with van der Waals surface area (Å²) in [6, 6.07) is 12.5. The Labute approximate surface area is 170 Å². The van der Waals surface area contributed by atoms with Gasteiger partial charge in [-0.2, -0.15) is 0 Å². The Kier molecular flexibility index (Phi) is 7.69. The third-order valence-electron chi connectivity index (χ3n) is 4.46. The molecule has 0 aromatic heterocycles. The molecule has 1 N–H and O–H groups in total. The standard InChI is InChI=1S/C21H24Cl2N2O2/c1-4-19(21(27)24-3)25(13-15-8-5-7-14(2)11-15)20(26)12-16-17(22)9-6-10-18(16)23/h5-11,19H,4,12-13H2,1-3H3,(H,24,27)/t19-/m0/s1. The van der Waals surface area contributed by atoms with Crippen LogP contribution < -0.4 is 5.32 Å². The lowest BCUT2D eigenvalue weighted by molar-refractivity contribution is -0.140. The van der Waals surface area contributed by atoms with Crippen LogP contribution in [-0.4, -0.2) is 29.8 Å². The van der Waals surface area contributed by atoms with Gasteiger partial charge in [-0.15, -0.1) is 0 Å². The van der Waals surface area contributed by atoms with E-state index in [4.69, 9.17) is 23.2 Å². The van der Waals surface area contributed by atoms with Gasteiger partial charge in [0.05, 0.1) is 6.42 Å². The topological polar surface area (TPSA) is 49.4 Å². The molecule has 144 valence electrons. The van der Waals surface area contributed by atoms with Crippen molar-refractivity contribution in [2.24, 2.45) is 0 Å². The number of aryl methyl sites for hydroxylation is 1. The van der Waals surface area contributed by atoms with Crippen molar-refractivity contribution < 1.29 is 9.59 Å². The summed E-state index contributed by atoms with van der Waals surface area (Å²) in [5.74, 6) is -0.384. The van der Waals surface area contributed by atoms with E-state index in [0.717, 1.165) is 11.1 Å². The molecule has 0 aliphatic carbocycles. The monoisotopic (exact) mass is 406 g/mol. The fourth-order valence-electron chi connectivity index (χ4n) is 3.05. The van der Waals surface area contributed by atoms with E-state index >= 15 is 0 Å². The van der Waals surface area contributed by atoms with Crippen LogP contribution in [0.1, 0.15) is 30.0 Å².